The largest absolute Gasteiger partial charge is 0.492 e. The zero-order valence-corrected chi connectivity index (χ0v) is 22.1. The number of rotatable bonds is 9. The zero-order valence-electron chi connectivity index (χ0n) is 19.7. The van der Waals surface area contributed by atoms with Gasteiger partial charge in [-0.2, -0.15) is 0 Å². The summed E-state index contributed by atoms with van der Waals surface area (Å²) in [5.74, 6) is 0.503. The Labute approximate surface area is 228 Å². The maximum absolute atomic E-state index is 13.0. The van der Waals surface area contributed by atoms with Crippen molar-refractivity contribution >= 4 is 50.8 Å². The highest BCUT2D eigenvalue weighted by Crippen LogP contribution is 2.24. The minimum absolute atomic E-state index is 0.121. The van der Waals surface area contributed by atoms with Crippen LogP contribution in [0, 0.1) is 0 Å². The number of carbonyl (C=O) groups is 2. The second-order valence-corrected chi connectivity index (χ2v) is 9.30. The molecule has 0 aliphatic carbocycles. The SMILES string of the molecule is O=C(NCc1ccco1)c1ccc(NC(=S)NC(=O)c2cc(Br)ccc2OCCc2ccccc2)cc1. The molecular formula is C28H24BrN3O4S. The summed E-state index contributed by atoms with van der Waals surface area (Å²) in [6, 6.07) is 25.5. The van der Waals surface area contributed by atoms with Gasteiger partial charge >= 0.3 is 0 Å². The molecule has 0 saturated carbocycles. The molecule has 3 aromatic carbocycles. The Balaban J connectivity index is 1.31. The molecular weight excluding hydrogens is 554 g/mol. The zero-order chi connectivity index (χ0) is 26.0. The van der Waals surface area contributed by atoms with E-state index in [9.17, 15) is 9.59 Å². The Morgan fingerprint density at radius 3 is 2.43 bits per heavy atom. The molecule has 0 spiro atoms. The van der Waals surface area contributed by atoms with Gasteiger partial charge in [0.05, 0.1) is 25.0 Å². The summed E-state index contributed by atoms with van der Waals surface area (Å²) in [5, 5.41) is 8.56. The normalized spacial score (nSPS) is 10.4. The molecule has 7 nitrogen and oxygen atoms in total. The van der Waals surface area contributed by atoms with Crippen LogP contribution in [0.5, 0.6) is 5.75 Å². The highest BCUT2D eigenvalue weighted by Gasteiger charge is 2.15. The quantitative estimate of drug-likeness (QED) is 0.220. The topological polar surface area (TPSA) is 92.6 Å². The van der Waals surface area contributed by atoms with Gasteiger partial charge in [-0.1, -0.05) is 46.3 Å². The summed E-state index contributed by atoms with van der Waals surface area (Å²) in [6.07, 6.45) is 2.27. The predicted octanol–water partition coefficient (Wildman–Crippen LogP) is 5.72. The summed E-state index contributed by atoms with van der Waals surface area (Å²) in [5.41, 5.74) is 2.62. The molecule has 0 saturated heterocycles. The summed E-state index contributed by atoms with van der Waals surface area (Å²) in [6.45, 7) is 0.728. The van der Waals surface area contributed by atoms with Crippen molar-refractivity contribution in [2.24, 2.45) is 0 Å². The van der Waals surface area contributed by atoms with Crippen molar-refractivity contribution in [2.75, 3.05) is 11.9 Å². The van der Waals surface area contributed by atoms with E-state index in [0.29, 0.717) is 41.5 Å². The lowest BCUT2D eigenvalue weighted by Crippen LogP contribution is -2.34. The Kier molecular flexibility index (Phi) is 9.07. The fourth-order valence-electron chi connectivity index (χ4n) is 3.45. The third-order valence-corrected chi connectivity index (χ3v) is 6.01. The van der Waals surface area contributed by atoms with E-state index in [1.807, 2.05) is 36.4 Å². The van der Waals surface area contributed by atoms with Gasteiger partial charge in [-0.15, -0.1) is 0 Å². The molecule has 37 heavy (non-hydrogen) atoms. The molecule has 0 aliphatic heterocycles. The fraction of sp³-hybridized carbons (Fsp3) is 0.107. The van der Waals surface area contributed by atoms with Gasteiger partial charge in [-0.3, -0.25) is 14.9 Å². The van der Waals surface area contributed by atoms with Gasteiger partial charge < -0.3 is 19.8 Å². The summed E-state index contributed by atoms with van der Waals surface area (Å²) in [4.78, 5) is 25.3. The molecule has 4 rings (SSSR count). The van der Waals surface area contributed by atoms with Crippen molar-refractivity contribution in [3.05, 3.63) is 118 Å². The van der Waals surface area contributed by atoms with Crippen LogP contribution in [0.4, 0.5) is 5.69 Å². The first-order valence-corrected chi connectivity index (χ1v) is 12.7. The van der Waals surface area contributed by atoms with E-state index < -0.39 is 5.91 Å². The Morgan fingerprint density at radius 1 is 0.919 bits per heavy atom. The molecule has 9 heteroatoms. The first-order chi connectivity index (χ1) is 18.0. The van der Waals surface area contributed by atoms with Crippen LogP contribution in [0.1, 0.15) is 32.0 Å². The first-order valence-electron chi connectivity index (χ1n) is 11.5. The van der Waals surface area contributed by atoms with E-state index in [4.69, 9.17) is 21.4 Å². The maximum Gasteiger partial charge on any atom is 0.261 e. The van der Waals surface area contributed by atoms with E-state index in [-0.39, 0.29) is 11.0 Å². The lowest BCUT2D eigenvalue weighted by atomic mass is 10.1. The number of carbonyl (C=O) groups excluding carboxylic acids is 2. The smallest absolute Gasteiger partial charge is 0.261 e. The monoisotopic (exact) mass is 577 g/mol. The van der Waals surface area contributed by atoms with Crippen LogP contribution >= 0.6 is 28.1 Å². The molecule has 0 bridgehead atoms. The van der Waals surface area contributed by atoms with Gasteiger partial charge in [0.2, 0.25) is 0 Å². The number of amides is 2. The minimum atomic E-state index is -0.401. The Hall–Kier alpha value is -3.95. The molecule has 2 amide bonds. The third-order valence-electron chi connectivity index (χ3n) is 5.31. The fourth-order valence-corrected chi connectivity index (χ4v) is 4.02. The van der Waals surface area contributed by atoms with Gasteiger partial charge in [0.1, 0.15) is 11.5 Å². The lowest BCUT2D eigenvalue weighted by Gasteiger charge is -2.14. The molecule has 1 heterocycles. The van der Waals surface area contributed by atoms with Crippen LogP contribution in [-0.4, -0.2) is 23.5 Å². The van der Waals surface area contributed by atoms with Gasteiger partial charge in [0.25, 0.3) is 11.8 Å². The van der Waals surface area contributed by atoms with Crippen molar-refractivity contribution in [2.45, 2.75) is 13.0 Å². The van der Waals surface area contributed by atoms with E-state index in [0.717, 1.165) is 16.5 Å². The number of nitrogens with one attached hydrogen (secondary N) is 3. The van der Waals surface area contributed by atoms with E-state index in [1.165, 1.54) is 0 Å². The van der Waals surface area contributed by atoms with E-state index >= 15 is 0 Å². The summed E-state index contributed by atoms with van der Waals surface area (Å²) in [7, 11) is 0. The molecule has 188 valence electrons. The first kappa shape index (κ1) is 26.1. The molecule has 0 atom stereocenters. The molecule has 4 aromatic rings. The number of thiocarbonyl (C=S) groups is 1. The Bertz CT molecular complexity index is 1360. The molecule has 1 aromatic heterocycles. The van der Waals surface area contributed by atoms with Crippen molar-refractivity contribution < 1.29 is 18.7 Å². The number of hydrogen-bond acceptors (Lipinski definition) is 5. The number of hydrogen-bond donors (Lipinski definition) is 3. The molecule has 3 N–H and O–H groups in total. The molecule has 0 radical (unpaired) electrons. The van der Waals surface area contributed by atoms with E-state index in [2.05, 4.69) is 31.9 Å². The highest BCUT2D eigenvalue weighted by molar-refractivity contribution is 9.10. The molecule has 0 unspecified atom stereocenters. The number of furan rings is 1. The maximum atomic E-state index is 13.0. The summed E-state index contributed by atoms with van der Waals surface area (Å²) < 4.78 is 11.9. The minimum Gasteiger partial charge on any atom is -0.492 e. The number of halogens is 1. The van der Waals surface area contributed by atoms with Gasteiger partial charge in [-0.25, -0.2) is 0 Å². The van der Waals surface area contributed by atoms with Crippen LogP contribution in [0.25, 0.3) is 0 Å². The van der Waals surface area contributed by atoms with Crippen molar-refractivity contribution in [1.29, 1.82) is 0 Å². The van der Waals surface area contributed by atoms with Gasteiger partial charge in [-0.05, 0) is 72.4 Å². The summed E-state index contributed by atoms with van der Waals surface area (Å²) >= 11 is 8.73. The second kappa shape index (κ2) is 12.8. The van der Waals surface area contributed by atoms with Crippen LogP contribution < -0.4 is 20.7 Å². The van der Waals surface area contributed by atoms with E-state index in [1.54, 1.807) is 54.8 Å². The number of benzene rings is 3. The Morgan fingerprint density at radius 2 is 1.70 bits per heavy atom. The van der Waals surface area contributed by atoms with Crippen molar-refractivity contribution in [3.8, 4) is 5.75 Å². The van der Waals surface area contributed by atoms with Crippen molar-refractivity contribution in [1.82, 2.24) is 10.6 Å². The standard InChI is InChI=1S/C28H24BrN3O4S/c29-21-10-13-25(36-16-14-19-5-2-1-3-6-19)24(17-21)27(34)32-28(37)31-22-11-8-20(9-12-22)26(33)30-18-23-7-4-15-35-23/h1-13,15,17H,14,16,18H2,(H,30,33)(H2,31,32,34,37). The van der Waals surface area contributed by atoms with Crippen LogP contribution in [0.2, 0.25) is 0 Å². The van der Waals surface area contributed by atoms with Gasteiger partial charge in [0, 0.05) is 22.1 Å². The molecule has 0 aliphatic rings. The number of anilines is 1. The highest BCUT2D eigenvalue weighted by atomic mass is 79.9. The lowest BCUT2D eigenvalue weighted by molar-refractivity contribution is 0.0945. The van der Waals surface area contributed by atoms with Crippen LogP contribution in [-0.2, 0) is 13.0 Å². The average molecular weight is 578 g/mol. The average Bonchev–Trinajstić information content (AvgIpc) is 3.43. The second-order valence-electron chi connectivity index (χ2n) is 7.97. The molecule has 0 fully saturated rings. The third kappa shape index (κ3) is 7.77. The van der Waals surface area contributed by atoms with Crippen molar-refractivity contribution in [3.63, 3.8) is 0 Å². The van der Waals surface area contributed by atoms with Crippen LogP contribution in [0.3, 0.4) is 0 Å². The van der Waals surface area contributed by atoms with Gasteiger partial charge in [0.15, 0.2) is 5.11 Å². The predicted molar refractivity (Wildman–Crippen MR) is 150 cm³/mol. The number of ether oxygens (including phenoxy) is 1. The van der Waals surface area contributed by atoms with Crippen LogP contribution in [0.15, 0.2) is 100 Å².